The van der Waals surface area contributed by atoms with Crippen molar-refractivity contribution in [1.82, 2.24) is 10.2 Å². The van der Waals surface area contributed by atoms with Gasteiger partial charge in [0.2, 0.25) is 11.8 Å². The number of anilines is 1. The molecule has 0 radical (unpaired) electrons. The fraction of sp³-hybridized carbons (Fsp3) is 0.333. The standard InChI is InChI=1S/C30H34FN3O4S/c1-22-11-10-15-26(19-22)34(39(37,38)27-16-4-3-5-17-27)21-29(35)33(20-24-12-6-9-18-28(24)31)23(2)30(36)32-25-13-7-8-14-25/h3-6,9-12,15-19,23,25H,7-8,13-14,20-21H2,1-2H3,(H,32,36)/t23-/m0/s1. The van der Waals surface area contributed by atoms with Gasteiger partial charge in [-0.3, -0.25) is 13.9 Å². The summed E-state index contributed by atoms with van der Waals surface area (Å²) in [5, 5.41) is 3.00. The van der Waals surface area contributed by atoms with Gasteiger partial charge < -0.3 is 10.2 Å². The molecule has 3 aromatic carbocycles. The van der Waals surface area contributed by atoms with Crippen LogP contribution in [0.5, 0.6) is 0 Å². The second kappa shape index (κ2) is 12.4. The van der Waals surface area contributed by atoms with E-state index in [1.807, 2.05) is 13.0 Å². The van der Waals surface area contributed by atoms with Crippen LogP contribution in [0.2, 0.25) is 0 Å². The van der Waals surface area contributed by atoms with Crippen molar-refractivity contribution in [1.29, 1.82) is 0 Å². The number of sulfonamides is 1. The predicted octanol–water partition coefficient (Wildman–Crippen LogP) is 4.81. The van der Waals surface area contributed by atoms with Crippen molar-refractivity contribution in [2.75, 3.05) is 10.8 Å². The van der Waals surface area contributed by atoms with Crippen molar-refractivity contribution in [3.63, 3.8) is 0 Å². The van der Waals surface area contributed by atoms with Crippen LogP contribution >= 0.6 is 0 Å². The van der Waals surface area contributed by atoms with Crippen LogP contribution in [0.25, 0.3) is 0 Å². The smallest absolute Gasteiger partial charge is 0.264 e. The number of nitrogens with zero attached hydrogens (tertiary/aromatic N) is 2. The Labute approximate surface area is 229 Å². The molecule has 0 heterocycles. The molecule has 0 bridgehead atoms. The van der Waals surface area contributed by atoms with Gasteiger partial charge in [-0.15, -0.1) is 0 Å². The molecule has 9 heteroatoms. The highest BCUT2D eigenvalue weighted by atomic mass is 32.2. The fourth-order valence-electron chi connectivity index (χ4n) is 4.82. The van der Waals surface area contributed by atoms with Gasteiger partial charge in [0.15, 0.2) is 0 Å². The number of benzene rings is 3. The number of rotatable bonds is 10. The molecular formula is C30H34FN3O4S. The molecule has 0 unspecified atom stereocenters. The number of nitrogens with one attached hydrogen (secondary N) is 1. The summed E-state index contributed by atoms with van der Waals surface area (Å²) in [6.07, 6.45) is 3.80. The molecule has 39 heavy (non-hydrogen) atoms. The normalized spacial score (nSPS) is 14.5. The Hall–Kier alpha value is -3.72. The van der Waals surface area contributed by atoms with Gasteiger partial charge in [-0.25, -0.2) is 12.8 Å². The molecule has 4 rings (SSSR count). The van der Waals surface area contributed by atoms with E-state index >= 15 is 0 Å². The quantitative estimate of drug-likeness (QED) is 0.392. The molecular weight excluding hydrogens is 517 g/mol. The first-order valence-corrected chi connectivity index (χ1v) is 14.6. The van der Waals surface area contributed by atoms with E-state index < -0.39 is 34.3 Å². The molecule has 1 aliphatic rings. The molecule has 2 amide bonds. The molecule has 0 spiro atoms. The van der Waals surface area contributed by atoms with E-state index in [1.54, 1.807) is 61.5 Å². The lowest BCUT2D eigenvalue weighted by Crippen LogP contribution is -2.52. The minimum absolute atomic E-state index is 0.0342. The Kier molecular flexibility index (Phi) is 9.01. The van der Waals surface area contributed by atoms with E-state index in [-0.39, 0.29) is 29.0 Å². The molecule has 1 fully saturated rings. The molecule has 206 valence electrons. The third-order valence-corrected chi connectivity index (χ3v) is 8.86. The molecule has 3 aromatic rings. The van der Waals surface area contributed by atoms with E-state index in [0.717, 1.165) is 35.6 Å². The van der Waals surface area contributed by atoms with Crippen LogP contribution in [0.15, 0.2) is 83.8 Å². The highest BCUT2D eigenvalue weighted by Gasteiger charge is 2.33. The second-order valence-electron chi connectivity index (χ2n) is 9.94. The van der Waals surface area contributed by atoms with Crippen LogP contribution in [0.3, 0.4) is 0 Å². The molecule has 0 aliphatic heterocycles. The Morgan fingerprint density at radius 3 is 2.31 bits per heavy atom. The van der Waals surface area contributed by atoms with Crippen LogP contribution in [0.4, 0.5) is 10.1 Å². The average molecular weight is 552 g/mol. The maximum atomic E-state index is 14.6. The summed E-state index contributed by atoms with van der Waals surface area (Å²) >= 11 is 0. The SMILES string of the molecule is Cc1cccc(N(CC(=O)N(Cc2ccccc2F)[C@@H](C)C(=O)NC2CCCC2)S(=O)(=O)c2ccccc2)c1. The fourth-order valence-corrected chi connectivity index (χ4v) is 6.24. The average Bonchev–Trinajstić information content (AvgIpc) is 3.44. The monoisotopic (exact) mass is 551 g/mol. The summed E-state index contributed by atoms with van der Waals surface area (Å²) in [7, 11) is -4.13. The first-order chi connectivity index (χ1) is 18.7. The van der Waals surface area contributed by atoms with E-state index in [9.17, 15) is 22.4 Å². The maximum Gasteiger partial charge on any atom is 0.264 e. The highest BCUT2D eigenvalue weighted by Crippen LogP contribution is 2.26. The number of aryl methyl sites for hydroxylation is 1. The molecule has 0 aromatic heterocycles. The van der Waals surface area contributed by atoms with Crippen molar-refractivity contribution in [3.8, 4) is 0 Å². The van der Waals surface area contributed by atoms with E-state index in [4.69, 9.17) is 0 Å². The highest BCUT2D eigenvalue weighted by molar-refractivity contribution is 7.92. The van der Waals surface area contributed by atoms with Crippen LogP contribution in [-0.4, -0.2) is 43.8 Å². The summed E-state index contributed by atoms with van der Waals surface area (Å²) in [6.45, 7) is 2.68. The third-order valence-electron chi connectivity index (χ3n) is 7.07. The van der Waals surface area contributed by atoms with Gasteiger partial charge in [-0.2, -0.15) is 0 Å². The lowest BCUT2D eigenvalue weighted by Gasteiger charge is -2.32. The Bertz CT molecular complexity index is 1410. The van der Waals surface area contributed by atoms with Crippen LogP contribution < -0.4 is 9.62 Å². The van der Waals surface area contributed by atoms with Crippen LogP contribution in [0, 0.1) is 12.7 Å². The van der Waals surface area contributed by atoms with Crippen molar-refractivity contribution >= 4 is 27.5 Å². The van der Waals surface area contributed by atoms with Crippen molar-refractivity contribution in [2.24, 2.45) is 0 Å². The zero-order valence-electron chi connectivity index (χ0n) is 22.2. The van der Waals surface area contributed by atoms with Gasteiger partial charge in [0.05, 0.1) is 10.6 Å². The number of hydrogen-bond donors (Lipinski definition) is 1. The Morgan fingerprint density at radius 2 is 1.64 bits per heavy atom. The topological polar surface area (TPSA) is 86.8 Å². The van der Waals surface area contributed by atoms with Gasteiger partial charge in [0, 0.05) is 18.2 Å². The maximum absolute atomic E-state index is 14.6. The summed E-state index contributed by atoms with van der Waals surface area (Å²) in [6, 6.07) is 19.9. The summed E-state index contributed by atoms with van der Waals surface area (Å²) < 4.78 is 43.2. The van der Waals surface area contributed by atoms with Gasteiger partial charge >= 0.3 is 0 Å². The number of carbonyl (C=O) groups is 2. The first kappa shape index (κ1) is 28.3. The minimum atomic E-state index is -4.13. The Balaban J connectivity index is 1.69. The minimum Gasteiger partial charge on any atom is -0.352 e. The third kappa shape index (κ3) is 6.84. The zero-order chi connectivity index (χ0) is 28.0. The van der Waals surface area contributed by atoms with E-state index in [2.05, 4.69) is 5.32 Å². The summed E-state index contributed by atoms with van der Waals surface area (Å²) in [5.41, 5.74) is 1.38. The van der Waals surface area contributed by atoms with Crippen LogP contribution in [-0.2, 0) is 26.2 Å². The molecule has 1 N–H and O–H groups in total. The molecule has 1 atom stereocenters. The van der Waals surface area contributed by atoms with Gasteiger partial charge in [-0.1, -0.05) is 61.4 Å². The second-order valence-corrected chi connectivity index (χ2v) is 11.8. The molecule has 1 saturated carbocycles. The zero-order valence-corrected chi connectivity index (χ0v) is 23.0. The van der Waals surface area contributed by atoms with Crippen molar-refractivity contribution < 1.29 is 22.4 Å². The molecule has 7 nitrogen and oxygen atoms in total. The number of hydrogen-bond acceptors (Lipinski definition) is 4. The predicted molar refractivity (Wildman–Crippen MR) is 149 cm³/mol. The van der Waals surface area contributed by atoms with Crippen molar-refractivity contribution in [3.05, 3.63) is 95.8 Å². The van der Waals surface area contributed by atoms with Crippen LogP contribution in [0.1, 0.15) is 43.7 Å². The summed E-state index contributed by atoms with van der Waals surface area (Å²) in [4.78, 5) is 28.4. The number of carbonyl (C=O) groups excluding carboxylic acids is 2. The van der Waals surface area contributed by atoms with E-state index in [1.165, 1.54) is 23.1 Å². The lowest BCUT2D eigenvalue weighted by molar-refractivity contribution is -0.139. The molecule has 1 aliphatic carbocycles. The largest absolute Gasteiger partial charge is 0.352 e. The van der Waals surface area contributed by atoms with Gasteiger partial charge in [0.1, 0.15) is 18.4 Å². The van der Waals surface area contributed by atoms with Gasteiger partial charge in [0.25, 0.3) is 10.0 Å². The summed E-state index contributed by atoms with van der Waals surface area (Å²) in [5.74, 6) is -1.47. The lowest BCUT2D eigenvalue weighted by atomic mass is 10.1. The Morgan fingerprint density at radius 1 is 0.974 bits per heavy atom. The first-order valence-electron chi connectivity index (χ1n) is 13.1. The number of amides is 2. The van der Waals surface area contributed by atoms with Gasteiger partial charge in [-0.05, 0) is 62.6 Å². The molecule has 0 saturated heterocycles. The number of halogens is 1. The van der Waals surface area contributed by atoms with E-state index in [0.29, 0.717) is 5.69 Å². The van der Waals surface area contributed by atoms with Crippen molar-refractivity contribution in [2.45, 2.75) is 63.1 Å².